The molecule has 6 nitrogen and oxygen atoms in total. The van der Waals surface area contributed by atoms with Crippen molar-refractivity contribution < 1.29 is 28.6 Å². The standard InChI is InChI=1S/C54H104O6/c1-5-8-10-12-14-16-25-30-34-38-42-46-53(56)59-49-51(48-58-52(55)45-41-37-33-28-15-13-11-9-6-2)60-54(57)47-43-39-35-31-27-24-22-20-18-17-19-21-23-26-29-32-36-40-44-50(4)7-3/h50-51H,5-49H2,1-4H3/t50?,51-/m1/s1. The first kappa shape index (κ1) is 58.4. The molecule has 60 heavy (non-hydrogen) atoms. The maximum absolute atomic E-state index is 12.8. The second kappa shape index (κ2) is 48.4. The van der Waals surface area contributed by atoms with E-state index in [2.05, 4.69) is 27.7 Å². The average molecular weight is 849 g/mol. The van der Waals surface area contributed by atoms with Crippen molar-refractivity contribution in [2.75, 3.05) is 13.2 Å². The largest absolute Gasteiger partial charge is 0.462 e. The van der Waals surface area contributed by atoms with Gasteiger partial charge in [0, 0.05) is 19.3 Å². The van der Waals surface area contributed by atoms with E-state index in [9.17, 15) is 14.4 Å². The third-order valence-corrected chi connectivity index (χ3v) is 12.7. The van der Waals surface area contributed by atoms with Crippen LogP contribution < -0.4 is 0 Å². The molecule has 0 bridgehead atoms. The van der Waals surface area contributed by atoms with Crippen molar-refractivity contribution in [3.63, 3.8) is 0 Å². The molecule has 0 fully saturated rings. The lowest BCUT2D eigenvalue weighted by Gasteiger charge is -2.18. The van der Waals surface area contributed by atoms with Crippen molar-refractivity contribution in [1.29, 1.82) is 0 Å². The number of carbonyl (C=O) groups is 3. The van der Waals surface area contributed by atoms with Gasteiger partial charge in [-0.15, -0.1) is 0 Å². The summed E-state index contributed by atoms with van der Waals surface area (Å²) in [5.41, 5.74) is 0. The van der Waals surface area contributed by atoms with Crippen molar-refractivity contribution >= 4 is 17.9 Å². The van der Waals surface area contributed by atoms with E-state index in [0.717, 1.165) is 63.7 Å². The molecule has 0 amide bonds. The molecule has 1 unspecified atom stereocenters. The highest BCUT2D eigenvalue weighted by Crippen LogP contribution is 2.18. The van der Waals surface area contributed by atoms with Crippen molar-refractivity contribution in [2.24, 2.45) is 5.92 Å². The first-order valence-corrected chi connectivity index (χ1v) is 26.9. The van der Waals surface area contributed by atoms with Gasteiger partial charge in [-0.3, -0.25) is 14.4 Å². The smallest absolute Gasteiger partial charge is 0.306 e. The molecule has 0 radical (unpaired) electrons. The van der Waals surface area contributed by atoms with Crippen molar-refractivity contribution in [1.82, 2.24) is 0 Å². The van der Waals surface area contributed by atoms with Crippen LogP contribution in [0.5, 0.6) is 0 Å². The van der Waals surface area contributed by atoms with Crippen molar-refractivity contribution in [2.45, 2.75) is 310 Å². The molecule has 0 rings (SSSR count). The van der Waals surface area contributed by atoms with E-state index in [0.29, 0.717) is 19.3 Å². The molecule has 6 heteroatoms. The quantitative estimate of drug-likeness (QED) is 0.0345. The normalized spacial score (nSPS) is 12.4. The van der Waals surface area contributed by atoms with E-state index in [1.54, 1.807) is 0 Å². The summed E-state index contributed by atoms with van der Waals surface area (Å²) in [6.45, 7) is 9.06. The van der Waals surface area contributed by atoms with Crippen LogP contribution in [0.1, 0.15) is 304 Å². The van der Waals surface area contributed by atoms with Crippen LogP contribution in [0, 0.1) is 5.92 Å². The lowest BCUT2D eigenvalue weighted by Crippen LogP contribution is -2.30. The summed E-state index contributed by atoms with van der Waals surface area (Å²) in [5, 5.41) is 0. The first-order valence-electron chi connectivity index (χ1n) is 26.9. The Morgan fingerprint density at radius 2 is 0.583 bits per heavy atom. The molecule has 2 atom stereocenters. The highest BCUT2D eigenvalue weighted by Gasteiger charge is 2.19. The molecular formula is C54H104O6. The summed E-state index contributed by atoms with van der Waals surface area (Å²) in [6.07, 6.45) is 50.9. The molecule has 0 aromatic carbocycles. The molecule has 0 spiro atoms. The summed E-state index contributed by atoms with van der Waals surface area (Å²) in [6, 6.07) is 0. The molecule has 0 aromatic heterocycles. The Bertz CT molecular complexity index is 905. The van der Waals surface area contributed by atoms with E-state index < -0.39 is 6.10 Å². The molecule has 0 N–H and O–H groups in total. The van der Waals surface area contributed by atoms with Crippen LogP contribution >= 0.6 is 0 Å². The topological polar surface area (TPSA) is 78.9 Å². The van der Waals surface area contributed by atoms with Crippen LogP contribution in [0.25, 0.3) is 0 Å². The summed E-state index contributed by atoms with van der Waals surface area (Å²) >= 11 is 0. The highest BCUT2D eigenvalue weighted by molar-refractivity contribution is 5.71. The molecule has 0 aliphatic carbocycles. The Morgan fingerprint density at radius 3 is 0.867 bits per heavy atom. The van der Waals surface area contributed by atoms with Crippen molar-refractivity contribution in [3.8, 4) is 0 Å². The highest BCUT2D eigenvalue weighted by atomic mass is 16.6. The zero-order valence-electron chi connectivity index (χ0n) is 40.9. The maximum atomic E-state index is 12.8. The first-order chi connectivity index (χ1) is 29.4. The number of rotatable bonds is 49. The van der Waals surface area contributed by atoms with Gasteiger partial charge in [0.2, 0.25) is 0 Å². The molecule has 356 valence electrons. The van der Waals surface area contributed by atoms with Crippen LogP contribution in [0.3, 0.4) is 0 Å². The Balaban J connectivity index is 4.17. The predicted octanol–water partition coefficient (Wildman–Crippen LogP) is 17.5. The van der Waals surface area contributed by atoms with E-state index in [-0.39, 0.29) is 31.1 Å². The van der Waals surface area contributed by atoms with Gasteiger partial charge in [-0.25, -0.2) is 0 Å². The molecule has 0 saturated carbocycles. The maximum Gasteiger partial charge on any atom is 0.306 e. The third kappa shape index (κ3) is 45.9. The fraction of sp³-hybridized carbons (Fsp3) is 0.944. The Labute approximate surface area is 374 Å². The number of esters is 3. The summed E-state index contributed by atoms with van der Waals surface area (Å²) in [5.74, 6) is 0.0631. The zero-order chi connectivity index (χ0) is 43.8. The van der Waals surface area contributed by atoms with Crippen LogP contribution in [-0.4, -0.2) is 37.2 Å². The Morgan fingerprint density at radius 1 is 0.333 bits per heavy atom. The number of carbonyl (C=O) groups excluding carboxylic acids is 3. The van der Waals surface area contributed by atoms with Gasteiger partial charge in [0.15, 0.2) is 6.10 Å². The van der Waals surface area contributed by atoms with Gasteiger partial charge in [-0.05, 0) is 25.2 Å². The van der Waals surface area contributed by atoms with E-state index in [1.165, 1.54) is 199 Å². The predicted molar refractivity (Wildman–Crippen MR) is 257 cm³/mol. The fourth-order valence-electron chi connectivity index (χ4n) is 8.19. The van der Waals surface area contributed by atoms with Gasteiger partial charge in [0.25, 0.3) is 0 Å². The Hall–Kier alpha value is -1.59. The molecular weight excluding hydrogens is 745 g/mol. The molecule has 0 aliphatic heterocycles. The second-order valence-electron chi connectivity index (χ2n) is 18.8. The summed E-state index contributed by atoms with van der Waals surface area (Å²) in [4.78, 5) is 37.8. The molecule has 0 saturated heterocycles. The van der Waals surface area contributed by atoms with Gasteiger partial charge < -0.3 is 14.2 Å². The summed E-state index contributed by atoms with van der Waals surface area (Å²) in [7, 11) is 0. The number of unbranched alkanes of at least 4 members (excludes halogenated alkanes) is 35. The minimum atomic E-state index is -0.759. The number of ether oxygens (including phenoxy) is 3. The Kier molecular flexibility index (Phi) is 47.2. The van der Waals surface area contributed by atoms with Gasteiger partial charge in [0.05, 0.1) is 0 Å². The fourth-order valence-corrected chi connectivity index (χ4v) is 8.19. The van der Waals surface area contributed by atoms with E-state index in [4.69, 9.17) is 14.2 Å². The van der Waals surface area contributed by atoms with Gasteiger partial charge in [-0.1, -0.05) is 265 Å². The van der Waals surface area contributed by atoms with Crippen LogP contribution in [-0.2, 0) is 28.6 Å². The van der Waals surface area contributed by atoms with E-state index in [1.807, 2.05) is 0 Å². The van der Waals surface area contributed by atoms with Gasteiger partial charge >= 0.3 is 17.9 Å². The van der Waals surface area contributed by atoms with Crippen LogP contribution in [0.2, 0.25) is 0 Å². The SMILES string of the molecule is CCCCCCCCCCCCCC(=O)OC[C@@H](COC(=O)CCCCCCCCCCC)OC(=O)CCCCCCCCCCCCCCCCCCCCC(C)CC. The number of hydrogen-bond acceptors (Lipinski definition) is 6. The van der Waals surface area contributed by atoms with Crippen molar-refractivity contribution in [3.05, 3.63) is 0 Å². The number of hydrogen-bond donors (Lipinski definition) is 0. The zero-order valence-corrected chi connectivity index (χ0v) is 40.9. The van der Waals surface area contributed by atoms with E-state index >= 15 is 0 Å². The van der Waals surface area contributed by atoms with Crippen LogP contribution in [0.15, 0.2) is 0 Å². The third-order valence-electron chi connectivity index (χ3n) is 12.7. The molecule has 0 aromatic rings. The van der Waals surface area contributed by atoms with Gasteiger partial charge in [0.1, 0.15) is 13.2 Å². The van der Waals surface area contributed by atoms with Gasteiger partial charge in [-0.2, -0.15) is 0 Å². The molecule has 0 aliphatic rings. The van der Waals surface area contributed by atoms with Crippen LogP contribution in [0.4, 0.5) is 0 Å². The lowest BCUT2D eigenvalue weighted by molar-refractivity contribution is -0.167. The monoisotopic (exact) mass is 849 g/mol. The molecule has 0 heterocycles. The minimum Gasteiger partial charge on any atom is -0.462 e. The average Bonchev–Trinajstić information content (AvgIpc) is 3.25. The lowest BCUT2D eigenvalue weighted by atomic mass is 9.99. The summed E-state index contributed by atoms with van der Waals surface area (Å²) < 4.78 is 16.8. The minimum absolute atomic E-state index is 0.0628. The second-order valence-corrected chi connectivity index (χ2v) is 18.8.